The molecule has 1 aromatic carbocycles. The third-order valence-electron chi connectivity index (χ3n) is 4.40. The predicted molar refractivity (Wildman–Crippen MR) is 116 cm³/mol. The highest BCUT2D eigenvalue weighted by molar-refractivity contribution is 14.0. The number of rotatable bonds is 6. The second-order valence-corrected chi connectivity index (χ2v) is 6.23. The van der Waals surface area contributed by atoms with Gasteiger partial charge in [0, 0.05) is 25.4 Å². The van der Waals surface area contributed by atoms with E-state index in [4.69, 9.17) is 4.74 Å². The topological polar surface area (TPSA) is 58.5 Å². The molecule has 1 aliphatic rings. The Kier molecular flexibility index (Phi) is 8.67. The lowest BCUT2D eigenvalue weighted by molar-refractivity contribution is 0.208. The largest absolute Gasteiger partial charge is 0.490 e. The fourth-order valence-corrected chi connectivity index (χ4v) is 3.03. The standard InChI is InChI=1S/C20H26N4O.HI/c1-21-20(24-15-17-9-6-7-13-22-17)23-14-16-8-2-5-12-19(16)25-18-10-3-4-11-18;/h2,5-9,12-13,18H,3-4,10-11,14-15H2,1H3,(H2,21,23,24);1H. The van der Waals surface area contributed by atoms with Crippen LogP contribution in [0.2, 0.25) is 0 Å². The molecule has 26 heavy (non-hydrogen) atoms. The Morgan fingerprint density at radius 3 is 2.54 bits per heavy atom. The predicted octanol–water partition coefficient (Wildman–Crippen LogP) is 3.89. The fraction of sp³-hybridized carbons (Fsp3) is 0.400. The van der Waals surface area contributed by atoms with Gasteiger partial charge in [-0.25, -0.2) is 0 Å². The van der Waals surface area contributed by atoms with Gasteiger partial charge < -0.3 is 15.4 Å². The van der Waals surface area contributed by atoms with Crippen molar-refractivity contribution >= 4 is 29.9 Å². The molecule has 1 heterocycles. The summed E-state index contributed by atoms with van der Waals surface area (Å²) in [4.78, 5) is 8.59. The number of nitrogens with one attached hydrogen (secondary N) is 2. The SMILES string of the molecule is CN=C(NCc1ccccn1)NCc1ccccc1OC1CCCC1.I. The number of halogens is 1. The van der Waals surface area contributed by atoms with E-state index in [2.05, 4.69) is 32.7 Å². The maximum atomic E-state index is 6.19. The minimum atomic E-state index is 0. The van der Waals surface area contributed by atoms with E-state index in [0.717, 1.165) is 35.8 Å². The van der Waals surface area contributed by atoms with Crippen LogP contribution in [0.4, 0.5) is 0 Å². The molecule has 1 saturated carbocycles. The monoisotopic (exact) mass is 466 g/mol. The molecule has 2 aromatic rings. The Morgan fingerprint density at radius 2 is 1.81 bits per heavy atom. The van der Waals surface area contributed by atoms with Gasteiger partial charge in [0.15, 0.2) is 5.96 Å². The number of hydrogen-bond donors (Lipinski definition) is 2. The van der Waals surface area contributed by atoms with Crippen molar-refractivity contribution in [1.82, 2.24) is 15.6 Å². The molecule has 3 rings (SSSR count). The zero-order valence-corrected chi connectivity index (χ0v) is 17.5. The van der Waals surface area contributed by atoms with E-state index in [9.17, 15) is 0 Å². The minimum absolute atomic E-state index is 0. The molecule has 6 heteroatoms. The Hall–Kier alpha value is -1.83. The molecule has 0 saturated heterocycles. The Labute approximate surface area is 172 Å². The molecular formula is C20H27IN4O. The van der Waals surface area contributed by atoms with E-state index in [-0.39, 0.29) is 24.0 Å². The van der Waals surface area contributed by atoms with Crippen LogP contribution in [0.1, 0.15) is 36.9 Å². The average Bonchev–Trinajstić information content (AvgIpc) is 3.17. The first-order chi connectivity index (χ1) is 12.3. The summed E-state index contributed by atoms with van der Waals surface area (Å²) in [6.45, 7) is 1.31. The Morgan fingerprint density at radius 1 is 1.08 bits per heavy atom. The maximum absolute atomic E-state index is 6.19. The van der Waals surface area contributed by atoms with Gasteiger partial charge in [0.2, 0.25) is 0 Å². The van der Waals surface area contributed by atoms with E-state index in [1.807, 2.05) is 30.3 Å². The second kappa shape index (κ2) is 11.0. The minimum Gasteiger partial charge on any atom is -0.490 e. The fourth-order valence-electron chi connectivity index (χ4n) is 3.03. The summed E-state index contributed by atoms with van der Waals surface area (Å²) in [5, 5.41) is 6.64. The zero-order valence-electron chi connectivity index (χ0n) is 15.1. The molecule has 0 unspecified atom stereocenters. The molecule has 140 valence electrons. The molecule has 1 aromatic heterocycles. The number of aliphatic imine (C=N–C) groups is 1. The van der Waals surface area contributed by atoms with Crippen molar-refractivity contribution < 1.29 is 4.74 Å². The van der Waals surface area contributed by atoms with Crippen LogP contribution in [0.15, 0.2) is 53.7 Å². The molecule has 1 aliphatic carbocycles. The van der Waals surface area contributed by atoms with Crippen LogP contribution < -0.4 is 15.4 Å². The van der Waals surface area contributed by atoms with Gasteiger partial charge in [0.1, 0.15) is 5.75 Å². The molecule has 5 nitrogen and oxygen atoms in total. The molecule has 1 fully saturated rings. The lowest BCUT2D eigenvalue weighted by atomic mass is 10.2. The summed E-state index contributed by atoms with van der Waals surface area (Å²) < 4.78 is 6.19. The number of benzene rings is 1. The van der Waals surface area contributed by atoms with Gasteiger partial charge in [-0.1, -0.05) is 24.3 Å². The summed E-state index contributed by atoms with van der Waals surface area (Å²) in [7, 11) is 1.77. The average molecular weight is 466 g/mol. The van der Waals surface area contributed by atoms with Gasteiger partial charge >= 0.3 is 0 Å². The van der Waals surface area contributed by atoms with E-state index in [1.54, 1.807) is 13.2 Å². The van der Waals surface area contributed by atoms with Gasteiger partial charge in [-0.2, -0.15) is 0 Å². The smallest absolute Gasteiger partial charge is 0.191 e. The van der Waals surface area contributed by atoms with Crippen molar-refractivity contribution in [3.05, 3.63) is 59.9 Å². The number of para-hydroxylation sites is 1. The normalized spacial score (nSPS) is 14.6. The molecule has 0 spiro atoms. The number of hydrogen-bond acceptors (Lipinski definition) is 3. The van der Waals surface area contributed by atoms with Gasteiger partial charge in [0.25, 0.3) is 0 Å². The number of aromatic nitrogens is 1. The van der Waals surface area contributed by atoms with Crippen LogP contribution in [-0.2, 0) is 13.1 Å². The van der Waals surface area contributed by atoms with E-state index < -0.39 is 0 Å². The van der Waals surface area contributed by atoms with Gasteiger partial charge in [-0.15, -0.1) is 24.0 Å². The molecule has 0 aliphatic heterocycles. The van der Waals surface area contributed by atoms with Crippen molar-refractivity contribution in [2.24, 2.45) is 4.99 Å². The van der Waals surface area contributed by atoms with Crippen LogP contribution in [-0.4, -0.2) is 24.1 Å². The highest BCUT2D eigenvalue weighted by Crippen LogP contribution is 2.26. The van der Waals surface area contributed by atoms with Gasteiger partial charge in [-0.3, -0.25) is 9.98 Å². The summed E-state index contributed by atoms with van der Waals surface area (Å²) in [6.07, 6.45) is 7.03. The van der Waals surface area contributed by atoms with Crippen LogP contribution in [0.25, 0.3) is 0 Å². The van der Waals surface area contributed by atoms with Crippen molar-refractivity contribution in [3.63, 3.8) is 0 Å². The summed E-state index contributed by atoms with van der Waals surface area (Å²) >= 11 is 0. The third-order valence-corrected chi connectivity index (χ3v) is 4.40. The molecule has 0 bridgehead atoms. The first-order valence-corrected chi connectivity index (χ1v) is 8.94. The highest BCUT2D eigenvalue weighted by Gasteiger charge is 2.17. The molecule has 0 atom stereocenters. The van der Waals surface area contributed by atoms with Crippen LogP contribution in [0.3, 0.4) is 0 Å². The van der Waals surface area contributed by atoms with Crippen molar-refractivity contribution in [2.45, 2.75) is 44.9 Å². The van der Waals surface area contributed by atoms with Gasteiger partial charge in [0.05, 0.1) is 18.3 Å². The van der Waals surface area contributed by atoms with Crippen molar-refractivity contribution in [3.8, 4) is 5.75 Å². The Balaban J connectivity index is 0.00000243. The molecule has 0 amide bonds. The number of pyridine rings is 1. The lowest BCUT2D eigenvalue weighted by Crippen LogP contribution is -2.36. The van der Waals surface area contributed by atoms with Crippen LogP contribution in [0, 0.1) is 0 Å². The van der Waals surface area contributed by atoms with Crippen molar-refractivity contribution in [2.75, 3.05) is 7.05 Å². The maximum Gasteiger partial charge on any atom is 0.191 e. The summed E-state index contributed by atoms with van der Waals surface area (Å²) in [5.41, 5.74) is 2.13. The van der Waals surface area contributed by atoms with Gasteiger partial charge in [-0.05, 0) is 43.9 Å². The first kappa shape index (κ1) is 20.5. The zero-order chi connectivity index (χ0) is 17.3. The third kappa shape index (κ3) is 6.16. The first-order valence-electron chi connectivity index (χ1n) is 8.94. The van der Waals surface area contributed by atoms with E-state index >= 15 is 0 Å². The van der Waals surface area contributed by atoms with Crippen molar-refractivity contribution in [1.29, 1.82) is 0 Å². The lowest BCUT2D eigenvalue weighted by Gasteiger charge is -2.18. The number of nitrogens with zero attached hydrogens (tertiary/aromatic N) is 2. The quantitative estimate of drug-likeness (QED) is 0.386. The molecule has 2 N–H and O–H groups in total. The molecular weight excluding hydrogens is 439 g/mol. The molecule has 0 radical (unpaired) electrons. The van der Waals surface area contributed by atoms with Crippen LogP contribution >= 0.6 is 24.0 Å². The van der Waals surface area contributed by atoms with Crippen LogP contribution in [0.5, 0.6) is 5.75 Å². The van der Waals surface area contributed by atoms with E-state index in [0.29, 0.717) is 19.2 Å². The number of ether oxygens (including phenoxy) is 1. The van der Waals surface area contributed by atoms with E-state index in [1.165, 1.54) is 12.8 Å². The Bertz CT molecular complexity index is 687. The summed E-state index contributed by atoms with van der Waals surface area (Å²) in [5.74, 6) is 1.73. The highest BCUT2D eigenvalue weighted by atomic mass is 127. The second-order valence-electron chi connectivity index (χ2n) is 6.23. The summed E-state index contributed by atoms with van der Waals surface area (Å²) in [6, 6.07) is 14.1. The number of guanidine groups is 1.